The van der Waals surface area contributed by atoms with Crippen molar-refractivity contribution in [3.05, 3.63) is 29.6 Å². The normalized spacial score (nSPS) is 16.4. The molecule has 1 aliphatic heterocycles. The molecule has 0 saturated heterocycles. The highest BCUT2D eigenvalue weighted by Gasteiger charge is 2.07. The van der Waals surface area contributed by atoms with E-state index in [0.29, 0.717) is 6.61 Å². The van der Waals surface area contributed by atoms with Gasteiger partial charge in [-0.3, -0.25) is 4.98 Å². The number of rotatable bonds is 0. The molecular formula is C8H8NO. The lowest BCUT2D eigenvalue weighted by Crippen LogP contribution is -2.10. The molecule has 0 spiro atoms. The molecule has 2 nitrogen and oxygen atoms in total. The second-order valence-electron chi connectivity index (χ2n) is 2.34. The molecule has 1 aliphatic rings. The summed E-state index contributed by atoms with van der Waals surface area (Å²) < 4.78 is 5.24. The molecule has 1 aromatic rings. The first-order valence-corrected chi connectivity index (χ1v) is 3.38. The van der Waals surface area contributed by atoms with Gasteiger partial charge in [-0.05, 0) is 11.6 Å². The molecule has 0 aromatic carbocycles. The fourth-order valence-electron chi connectivity index (χ4n) is 1.12. The Hall–Kier alpha value is -0.890. The number of hydrogen-bond acceptors (Lipinski definition) is 2. The van der Waals surface area contributed by atoms with Crippen LogP contribution in [0.1, 0.15) is 11.3 Å². The molecule has 0 bridgehead atoms. The molecule has 0 amide bonds. The third kappa shape index (κ3) is 0.907. The Morgan fingerprint density at radius 2 is 2.60 bits per heavy atom. The van der Waals surface area contributed by atoms with Gasteiger partial charge in [-0.25, -0.2) is 0 Å². The molecule has 0 saturated carbocycles. The Balaban J connectivity index is 2.41. The van der Waals surface area contributed by atoms with Gasteiger partial charge >= 0.3 is 0 Å². The fourth-order valence-corrected chi connectivity index (χ4v) is 1.12. The number of nitrogens with zero attached hydrogens (tertiary/aromatic N) is 1. The van der Waals surface area contributed by atoms with Crippen molar-refractivity contribution in [2.75, 3.05) is 6.61 Å². The molecule has 2 rings (SSSR count). The predicted molar refractivity (Wildman–Crippen MR) is 36.4 cm³/mol. The van der Waals surface area contributed by atoms with Crippen molar-refractivity contribution in [1.29, 1.82) is 0 Å². The SMILES string of the molecule is [c]1cnc2c(c1)COCC2. The number of fused-ring (bicyclic) bond motifs is 1. The minimum absolute atomic E-state index is 0.708. The van der Waals surface area contributed by atoms with Crippen LogP contribution < -0.4 is 0 Å². The Morgan fingerprint density at radius 3 is 3.50 bits per heavy atom. The highest BCUT2D eigenvalue weighted by Crippen LogP contribution is 2.11. The van der Waals surface area contributed by atoms with Gasteiger partial charge in [0.25, 0.3) is 0 Å². The van der Waals surface area contributed by atoms with Crippen LogP contribution in [0.2, 0.25) is 0 Å². The highest BCUT2D eigenvalue weighted by molar-refractivity contribution is 5.19. The summed E-state index contributed by atoms with van der Waals surface area (Å²) in [6.45, 7) is 1.52. The maximum absolute atomic E-state index is 5.24. The minimum atomic E-state index is 0.708. The smallest absolute Gasteiger partial charge is 0.0734 e. The summed E-state index contributed by atoms with van der Waals surface area (Å²) in [6, 6.07) is 4.88. The monoisotopic (exact) mass is 134 g/mol. The molecule has 0 atom stereocenters. The largest absolute Gasteiger partial charge is 0.376 e. The minimum Gasteiger partial charge on any atom is -0.376 e. The molecule has 0 N–H and O–H groups in total. The Labute approximate surface area is 59.9 Å². The van der Waals surface area contributed by atoms with Crippen LogP contribution in [0.25, 0.3) is 0 Å². The van der Waals surface area contributed by atoms with Crippen LogP contribution in [0.3, 0.4) is 0 Å². The van der Waals surface area contributed by atoms with Crippen molar-refractivity contribution in [1.82, 2.24) is 4.98 Å². The zero-order valence-corrected chi connectivity index (χ0v) is 5.63. The van der Waals surface area contributed by atoms with E-state index < -0.39 is 0 Å². The maximum Gasteiger partial charge on any atom is 0.0734 e. The molecule has 0 unspecified atom stereocenters. The van der Waals surface area contributed by atoms with Gasteiger partial charge in [-0.1, -0.05) is 0 Å². The summed E-state index contributed by atoms with van der Waals surface area (Å²) in [5.74, 6) is 0. The second kappa shape index (κ2) is 2.39. The van der Waals surface area contributed by atoms with Gasteiger partial charge in [-0.15, -0.1) is 0 Å². The molecule has 0 aliphatic carbocycles. The van der Waals surface area contributed by atoms with E-state index in [2.05, 4.69) is 11.1 Å². The van der Waals surface area contributed by atoms with E-state index in [1.165, 1.54) is 11.3 Å². The summed E-state index contributed by atoms with van der Waals surface area (Å²) in [7, 11) is 0. The first-order chi connectivity index (χ1) is 4.97. The van der Waals surface area contributed by atoms with Crippen LogP contribution in [0, 0.1) is 6.07 Å². The van der Waals surface area contributed by atoms with E-state index in [1.807, 2.05) is 6.07 Å². The maximum atomic E-state index is 5.24. The van der Waals surface area contributed by atoms with E-state index >= 15 is 0 Å². The zero-order valence-electron chi connectivity index (χ0n) is 5.63. The van der Waals surface area contributed by atoms with Crippen LogP contribution in [0.5, 0.6) is 0 Å². The average Bonchev–Trinajstić information content (AvgIpc) is 2.05. The van der Waals surface area contributed by atoms with Gasteiger partial charge in [0.1, 0.15) is 0 Å². The van der Waals surface area contributed by atoms with Crippen LogP contribution in [0.15, 0.2) is 12.3 Å². The number of pyridine rings is 1. The summed E-state index contributed by atoms with van der Waals surface area (Å²) >= 11 is 0. The lowest BCUT2D eigenvalue weighted by molar-refractivity contribution is 0.109. The Morgan fingerprint density at radius 1 is 1.60 bits per heavy atom. The average molecular weight is 134 g/mol. The van der Waals surface area contributed by atoms with Crippen LogP contribution >= 0.6 is 0 Å². The molecule has 2 heterocycles. The lowest BCUT2D eigenvalue weighted by Gasteiger charge is -2.13. The zero-order chi connectivity index (χ0) is 6.81. The molecule has 51 valence electrons. The van der Waals surface area contributed by atoms with Crippen LogP contribution in [0.4, 0.5) is 0 Å². The van der Waals surface area contributed by atoms with E-state index in [0.717, 1.165) is 13.0 Å². The third-order valence-electron chi connectivity index (χ3n) is 1.66. The van der Waals surface area contributed by atoms with Gasteiger partial charge in [0.05, 0.1) is 13.2 Å². The quantitative estimate of drug-likeness (QED) is 0.527. The summed E-state index contributed by atoms with van der Waals surface area (Å²) in [4.78, 5) is 4.18. The molecule has 1 radical (unpaired) electrons. The molecule has 0 fully saturated rings. The summed E-state index contributed by atoms with van der Waals surface area (Å²) in [5, 5.41) is 0. The van der Waals surface area contributed by atoms with E-state index in [-0.39, 0.29) is 0 Å². The van der Waals surface area contributed by atoms with Crippen molar-refractivity contribution in [3.63, 3.8) is 0 Å². The molecule has 2 heteroatoms. The fraction of sp³-hybridized carbons (Fsp3) is 0.375. The van der Waals surface area contributed by atoms with Gasteiger partial charge in [0.2, 0.25) is 0 Å². The lowest BCUT2D eigenvalue weighted by atomic mass is 10.1. The standard InChI is InChI=1S/C8H8NO/c1-2-7-6-10-5-3-8(7)9-4-1/h2,4H,3,5-6H2. The van der Waals surface area contributed by atoms with Crippen molar-refractivity contribution in [2.24, 2.45) is 0 Å². The predicted octanol–water partition coefficient (Wildman–Crippen LogP) is 0.954. The molecule has 10 heavy (non-hydrogen) atoms. The first kappa shape index (κ1) is 5.86. The Bertz CT molecular complexity index is 209. The summed E-state index contributed by atoms with van der Waals surface area (Å²) in [5.41, 5.74) is 2.36. The van der Waals surface area contributed by atoms with Gasteiger partial charge in [-0.2, -0.15) is 0 Å². The first-order valence-electron chi connectivity index (χ1n) is 3.38. The van der Waals surface area contributed by atoms with Crippen molar-refractivity contribution in [2.45, 2.75) is 13.0 Å². The topological polar surface area (TPSA) is 22.1 Å². The van der Waals surface area contributed by atoms with Gasteiger partial charge in [0, 0.05) is 24.4 Å². The van der Waals surface area contributed by atoms with Crippen LogP contribution in [-0.2, 0) is 17.8 Å². The van der Waals surface area contributed by atoms with Gasteiger partial charge < -0.3 is 4.74 Å². The van der Waals surface area contributed by atoms with Gasteiger partial charge in [0.15, 0.2) is 0 Å². The third-order valence-corrected chi connectivity index (χ3v) is 1.66. The van der Waals surface area contributed by atoms with Crippen LogP contribution in [-0.4, -0.2) is 11.6 Å². The molecule has 1 aromatic heterocycles. The second-order valence-corrected chi connectivity index (χ2v) is 2.34. The number of ether oxygens (including phenoxy) is 1. The van der Waals surface area contributed by atoms with Crippen molar-refractivity contribution in [3.8, 4) is 0 Å². The number of hydrogen-bond donors (Lipinski definition) is 0. The van der Waals surface area contributed by atoms with E-state index in [4.69, 9.17) is 4.74 Å². The summed E-state index contributed by atoms with van der Waals surface area (Å²) in [6.07, 6.45) is 2.66. The Kier molecular flexibility index (Phi) is 1.40. The molecular weight excluding hydrogens is 126 g/mol. The number of aromatic nitrogens is 1. The highest BCUT2D eigenvalue weighted by atomic mass is 16.5. The van der Waals surface area contributed by atoms with E-state index in [1.54, 1.807) is 6.20 Å². The van der Waals surface area contributed by atoms with E-state index in [9.17, 15) is 0 Å². The van der Waals surface area contributed by atoms with Crippen molar-refractivity contribution < 1.29 is 4.74 Å². The van der Waals surface area contributed by atoms with Crippen molar-refractivity contribution >= 4 is 0 Å².